The number of aromatic nitrogens is 2. The second-order valence-corrected chi connectivity index (χ2v) is 6.59. The minimum Gasteiger partial charge on any atom is -0.469 e. The minimum atomic E-state index is -0.166. The van der Waals surface area contributed by atoms with Gasteiger partial charge in [0, 0.05) is 18.4 Å². The molecule has 0 spiro atoms. The van der Waals surface area contributed by atoms with Crippen LogP contribution < -0.4 is 5.32 Å². The van der Waals surface area contributed by atoms with Gasteiger partial charge >= 0.3 is 0 Å². The highest BCUT2D eigenvalue weighted by Crippen LogP contribution is 2.20. The van der Waals surface area contributed by atoms with Gasteiger partial charge in [-0.2, -0.15) is 5.10 Å². The average Bonchev–Trinajstić information content (AvgIpc) is 3.32. The van der Waals surface area contributed by atoms with E-state index >= 15 is 0 Å². The van der Waals surface area contributed by atoms with E-state index in [4.69, 9.17) is 4.42 Å². The minimum absolute atomic E-state index is 0.166. The third-order valence-corrected chi connectivity index (χ3v) is 4.56. The van der Waals surface area contributed by atoms with E-state index in [9.17, 15) is 4.79 Å². The van der Waals surface area contributed by atoms with Crippen molar-refractivity contribution in [1.82, 2.24) is 15.1 Å². The monoisotopic (exact) mass is 359 g/mol. The summed E-state index contributed by atoms with van der Waals surface area (Å²) in [4.78, 5) is 12.7. The van der Waals surface area contributed by atoms with Gasteiger partial charge in [0.25, 0.3) is 5.91 Å². The number of rotatable bonds is 6. The van der Waals surface area contributed by atoms with Crippen LogP contribution in [0.4, 0.5) is 0 Å². The number of hydrogen-bond acceptors (Lipinski definition) is 3. The quantitative estimate of drug-likeness (QED) is 0.567. The molecule has 0 fully saturated rings. The first-order chi connectivity index (χ1) is 13.2. The lowest BCUT2D eigenvalue weighted by Gasteiger charge is -2.04. The van der Waals surface area contributed by atoms with E-state index in [1.54, 1.807) is 6.26 Å². The van der Waals surface area contributed by atoms with Crippen molar-refractivity contribution in [1.29, 1.82) is 0 Å². The predicted molar refractivity (Wildman–Crippen MR) is 105 cm³/mol. The molecule has 0 unspecified atom stereocenters. The van der Waals surface area contributed by atoms with Crippen molar-refractivity contribution in [2.45, 2.75) is 19.9 Å². The Kier molecular flexibility index (Phi) is 4.75. The van der Waals surface area contributed by atoms with E-state index < -0.39 is 0 Å². The molecule has 27 heavy (non-hydrogen) atoms. The molecule has 0 aliphatic rings. The standard InChI is InChI=1S/C22H21N3O2/c1-16-8-10-17(11-9-16)15-25-20-7-3-2-6-19(20)21(24-25)22(26)23-13-12-18-5-4-14-27-18/h2-11,14H,12-13,15H2,1H3,(H,23,26). The second kappa shape index (κ2) is 7.50. The number of carbonyl (C=O) groups is 1. The Hall–Kier alpha value is -3.34. The van der Waals surface area contributed by atoms with Crippen LogP contribution >= 0.6 is 0 Å². The normalized spacial score (nSPS) is 11.0. The number of para-hydroxylation sites is 1. The Labute approximate surface area is 157 Å². The van der Waals surface area contributed by atoms with Crippen LogP contribution in [0.5, 0.6) is 0 Å². The van der Waals surface area contributed by atoms with Gasteiger partial charge in [0.2, 0.25) is 0 Å². The molecule has 4 rings (SSSR count). The van der Waals surface area contributed by atoms with Crippen molar-refractivity contribution in [3.63, 3.8) is 0 Å². The molecule has 0 aliphatic heterocycles. The first-order valence-corrected chi connectivity index (χ1v) is 9.02. The number of benzene rings is 2. The van der Waals surface area contributed by atoms with Gasteiger partial charge in [0.15, 0.2) is 5.69 Å². The highest BCUT2D eigenvalue weighted by Gasteiger charge is 2.17. The largest absolute Gasteiger partial charge is 0.469 e. The van der Waals surface area contributed by atoms with E-state index in [2.05, 4.69) is 41.6 Å². The van der Waals surface area contributed by atoms with E-state index in [-0.39, 0.29) is 5.91 Å². The lowest BCUT2D eigenvalue weighted by molar-refractivity contribution is 0.0949. The molecule has 4 aromatic rings. The molecule has 2 aromatic heterocycles. The Morgan fingerprint density at radius 1 is 1.07 bits per heavy atom. The van der Waals surface area contributed by atoms with E-state index in [0.717, 1.165) is 22.2 Å². The maximum atomic E-state index is 12.7. The molecule has 0 aliphatic carbocycles. The molecule has 5 heteroatoms. The predicted octanol–water partition coefficient (Wildman–Crippen LogP) is 3.96. The van der Waals surface area contributed by atoms with E-state index in [1.165, 1.54) is 5.56 Å². The highest BCUT2D eigenvalue weighted by atomic mass is 16.3. The van der Waals surface area contributed by atoms with E-state index in [0.29, 0.717) is 25.2 Å². The molecule has 0 radical (unpaired) electrons. The van der Waals surface area contributed by atoms with Gasteiger partial charge in [0.05, 0.1) is 18.3 Å². The van der Waals surface area contributed by atoms with Gasteiger partial charge in [-0.25, -0.2) is 0 Å². The summed E-state index contributed by atoms with van der Waals surface area (Å²) in [6.07, 6.45) is 2.29. The summed E-state index contributed by atoms with van der Waals surface area (Å²) in [6.45, 7) is 3.20. The number of nitrogens with zero attached hydrogens (tertiary/aromatic N) is 2. The molecule has 1 amide bonds. The smallest absolute Gasteiger partial charge is 0.272 e. The number of nitrogens with one attached hydrogen (secondary N) is 1. The van der Waals surface area contributed by atoms with Crippen LogP contribution in [0.15, 0.2) is 71.3 Å². The van der Waals surface area contributed by atoms with Crippen LogP contribution in [0, 0.1) is 6.92 Å². The number of furan rings is 1. The van der Waals surface area contributed by atoms with Crippen molar-refractivity contribution in [3.05, 3.63) is 89.5 Å². The van der Waals surface area contributed by atoms with Gasteiger partial charge < -0.3 is 9.73 Å². The summed E-state index contributed by atoms with van der Waals surface area (Å²) in [6, 6.07) is 19.9. The zero-order valence-corrected chi connectivity index (χ0v) is 15.2. The molecule has 2 aromatic carbocycles. The molecule has 1 N–H and O–H groups in total. The summed E-state index contributed by atoms with van der Waals surface area (Å²) in [7, 11) is 0. The van der Waals surface area contributed by atoms with Crippen LogP contribution in [-0.2, 0) is 13.0 Å². The summed E-state index contributed by atoms with van der Waals surface area (Å²) in [5, 5.41) is 8.40. The first kappa shape index (κ1) is 17.1. The van der Waals surface area contributed by atoms with Crippen molar-refractivity contribution in [2.75, 3.05) is 6.54 Å². The van der Waals surface area contributed by atoms with Crippen LogP contribution in [0.3, 0.4) is 0 Å². The molecule has 0 atom stereocenters. The van der Waals surface area contributed by atoms with Gasteiger partial charge in [-0.3, -0.25) is 9.48 Å². The van der Waals surface area contributed by atoms with Gasteiger partial charge in [0.1, 0.15) is 5.76 Å². The molecule has 0 saturated heterocycles. The third-order valence-electron chi connectivity index (χ3n) is 4.56. The van der Waals surface area contributed by atoms with E-state index in [1.807, 2.05) is 41.1 Å². The molecule has 136 valence electrons. The molecular weight excluding hydrogens is 338 g/mol. The summed E-state index contributed by atoms with van der Waals surface area (Å²) in [5.41, 5.74) is 3.78. The van der Waals surface area contributed by atoms with Crippen LogP contribution in [0.25, 0.3) is 10.9 Å². The maximum absolute atomic E-state index is 12.7. The van der Waals surface area contributed by atoms with Crippen LogP contribution in [0.1, 0.15) is 27.4 Å². The van der Waals surface area contributed by atoms with Crippen LogP contribution in [0.2, 0.25) is 0 Å². The molecule has 2 heterocycles. The fourth-order valence-electron chi connectivity index (χ4n) is 3.12. The topological polar surface area (TPSA) is 60.1 Å². The molecule has 0 bridgehead atoms. The number of carbonyl (C=O) groups excluding carboxylic acids is 1. The SMILES string of the molecule is Cc1ccc(Cn2nc(C(=O)NCCc3ccco3)c3ccccc32)cc1. The number of amides is 1. The lowest BCUT2D eigenvalue weighted by Crippen LogP contribution is -2.26. The summed E-state index contributed by atoms with van der Waals surface area (Å²) < 4.78 is 7.19. The maximum Gasteiger partial charge on any atom is 0.272 e. The van der Waals surface area contributed by atoms with Crippen molar-refractivity contribution in [3.8, 4) is 0 Å². The molecule has 0 saturated carbocycles. The Balaban J connectivity index is 1.55. The van der Waals surface area contributed by atoms with Crippen molar-refractivity contribution < 1.29 is 9.21 Å². The number of aryl methyl sites for hydroxylation is 1. The first-order valence-electron chi connectivity index (χ1n) is 9.02. The fraction of sp³-hybridized carbons (Fsp3) is 0.182. The Morgan fingerprint density at radius 2 is 1.89 bits per heavy atom. The Bertz CT molecular complexity index is 1050. The van der Waals surface area contributed by atoms with Gasteiger partial charge in [-0.1, -0.05) is 48.0 Å². The molecular formula is C22H21N3O2. The number of fused-ring (bicyclic) bond motifs is 1. The zero-order chi connectivity index (χ0) is 18.6. The summed E-state index contributed by atoms with van der Waals surface area (Å²) >= 11 is 0. The summed E-state index contributed by atoms with van der Waals surface area (Å²) in [5.74, 6) is 0.686. The van der Waals surface area contributed by atoms with Gasteiger partial charge in [-0.05, 0) is 30.7 Å². The third kappa shape index (κ3) is 3.77. The lowest BCUT2D eigenvalue weighted by atomic mass is 10.1. The zero-order valence-electron chi connectivity index (χ0n) is 15.2. The second-order valence-electron chi connectivity index (χ2n) is 6.59. The Morgan fingerprint density at radius 3 is 2.67 bits per heavy atom. The van der Waals surface area contributed by atoms with Crippen molar-refractivity contribution >= 4 is 16.8 Å². The fourth-order valence-corrected chi connectivity index (χ4v) is 3.12. The van der Waals surface area contributed by atoms with Crippen molar-refractivity contribution in [2.24, 2.45) is 0 Å². The van der Waals surface area contributed by atoms with Gasteiger partial charge in [-0.15, -0.1) is 0 Å². The highest BCUT2D eigenvalue weighted by molar-refractivity contribution is 6.04. The van der Waals surface area contributed by atoms with Crippen LogP contribution in [-0.4, -0.2) is 22.2 Å². The number of hydrogen-bond donors (Lipinski definition) is 1. The molecule has 5 nitrogen and oxygen atoms in total. The average molecular weight is 359 g/mol.